The van der Waals surface area contributed by atoms with E-state index in [1.54, 1.807) is 0 Å². The Morgan fingerprint density at radius 3 is 2.70 bits per heavy atom. The van der Waals surface area contributed by atoms with Crippen LogP contribution in [0.3, 0.4) is 0 Å². The van der Waals surface area contributed by atoms with E-state index >= 15 is 0 Å². The summed E-state index contributed by atoms with van der Waals surface area (Å²) in [4.78, 5) is 20.6. The van der Waals surface area contributed by atoms with Crippen molar-refractivity contribution in [1.29, 1.82) is 0 Å². The Morgan fingerprint density at radius 2 is 1.87 bits per heavy atom. The zero-order chi connectivity index (χ0) is 20.4. The van der Waals surface area contributed by atoms with Crippen LogP contribution in [0.5, 0.6) is 0 Å². The number of ether oxygens (including phenoxy) is 1. The second-order valence-corrected chi connectivity index (χ2v) is 9.36. The van der Waals surface area contributed by atoms with Crippen LogP contribution in [0, 0.1) is 5.92 Å². The number of aromatic nitrogens is 1. The third kappa shape index (κ3) is 3.74. The summed E-state index contributed by atoms with van der Waals surface area (Å²) in [7, 11) is 0. The molecule has 5 heteroatoms. The van der Waals surface area contributed by atoms with Crippen molar-refractivity contribution in [2.75, 3.05) is 26.3 Å². The lowest BCUT2D eigenvalue weighted by Crippen LogP contribution is -2.61. The van der Waals surface area contributed by atoms with Crippen molar-refractivity contribution in [3.05, 3.63) is 42.1 Å². The Hall–Kier alpha value is -1.98. The van der Waals surface area contributed by atoms with Crippen LogP contribution in [-0.2, 0) is 16.0 Å². The van der Waals surface area contributed by atoms with Gasteiger partial charge in [0.2, 0.25) is 5.91 Å². The summed E-state index contributed by atoms with van der Waals surface area (Å²) in [5.74, 6) is 0.558. The Labute approximate surface area is 179 Å². The summed E-state index contributed by atoms with van der Waals surface area (Å²) in [5, 5.41) is 4.67. The fourth-order valence-corrected chi connectivity index (χ4v) is 5.85. The van der Waals surface area contributed by atoms with Crippen LogP contribution < -0.4 is 5.32 Å². The molecular weight excluding hydrogens is 374 g/mol. The number of rotatable bonds is 5. The minimum atomic E-state index is -0.286. The number of likely N-dealkylation sites (tertiary alicyclic amines) is 1. The van der Waals surface area contributed by atoms with Crippen LogP contribution in [0.25, 0.3) is 10.9 Å². The second-order valence-electron chi connectivity index (χ2n) is 9.36. The van der Waals surface area contributed by atoms with Crippen molar-refractivity contribution in [3.63, 3.8) is 0 Å². The summed E-state index contributed by atoms with van der Waals surface area (Å²) in [6, 6.07) is 10.5. The number of benzene rings is 1. The van der Waals surface area contributed by atoms with E-state index in [1.165, 1.54) is 30.2 Å². The Bertz CT molecular complexity index is 882. The Morgan fingerprint density at radius 1 is 1.07 bits per heavy atom. The van der Waals surface area contributed by atoms with Crippen molar-refractivity contribution < 1.29 is 9.53 Å². The first-order valence-electron chi connectivity index (χ1n) is 11.7. The molecule has 3 aliphatic rings. The highest BCUT2D eigenvalue weighted by atomic mass is 16.5. The molecule has 1 saturated carbocycles. The highest BCUT2D eigenvalue weighted by molar-refractivity contribution is 5.87. The van der Waals surface area contributed by atoms with Crippen molar-refractivity contribution >= 4 is 16.8 Å². The zero-order valence-corrected chi connectivity index (χ0v) is 17.8. The normalized spacial score (nSPS) is 26.8. The number of hydrogen-bond acceptors (Lipinski definition) is 4. The first-order chi connectivity index (χ1) is 14.8. The van der Waals surface area contributed by atoms with Crippen LogP contribution in [0.4, 0.5) is 0 Å². The molecular formula is C25H33N3O2. The van der Waals surface area contributed by atoms with Gasteiger partial charge in [-0.25, -0.2) is 0 Å². The van der Waals surface area contributed by atoms with Gasteiger partial charge in [-0.15, -0.1) is 0 Å². The van der Waals surface area contributed by atoms with E-state index in [-0.39, 0.29) is 17.5 Å². The second kappa shape index (κ2) is 8.64. The molecule has 2 atom stereocenters. The summed E-state index contributed by atoms with van der Waals surface area (Å²) in [5.41, 5.74) is 2.04. The van der Waals surface area contributed by atoms with E-state index in [0.29, 0.717) is 19.1 Å². The molecule has 30 heavy (non-hydrogen) atoms. The largest absolute Gasteiger partial charge is 0.379 e. The van der Waals surface area contributed by atoms with Gasteiger partial charge in [0.1, 0.15) is 5.54 Å². The predicted molar refractivity (Wildman–Crippen MR) is 118 cm³/mol. The molecule has 5 rings (SSSR count). The predicted octanol–water partition coefficient (Wildman–Crippen LogP) is 3.71. The smallest absolute Gasteiger partial charge is 0.240 e. The highest BCUT2D eigenvalue weighted by Crippen LogP contribution is 2.37. The topological polar surface area (TPSA) is 54.5 Å². The quantitative estimate of drug-likeness (QED) is 0.821. The third-order valence-electron chi connectivity index (χ3n) is 7.55. The van der Waals surface area contributed by atoms with Crippen molar-refractivity contribution in [2.45, 2.75) is 62.9 Å². The zero-order valence-electron chi connectivity index (χ0n) is 17.8. The average molecular weight is 408 g/mol. The van der Waals surface area contributed by atoms with Gasteiger partial charge in [-0.3, -0.25) is 14.7 Å². The molecule has 5 nitrogen and oxygen atoms in total. The van der Waals surface area contributed by atoms with Gasteiger partial charge in [-0.05, 0) is 62.9 Å². The van der Waals surface area contributed by atoms with Gasteiger partial charge in [-0.2, -0.15) is 0 Å². The number of para-hydroxylation sites is 1. The number of carbonyl (C=O) groups is 1. The number of carbonyl (C=O) groups excluding carboxylic acids is 1. The molecule has 3 fully saturated rings. The molecule has 2 aliphatic heterocycles. The van der Waals surface area contributed by atoms with Gasteiger partial charge in [0.05, 0.1) is 24.8 Å². The standard InChI is InChI=1S/C25H33N3O2/c29-24(25(11-4-1-5-12-25)28-14-6-7-15-28)27-23-18-30-17-20(23)16-19-10-13-26-22-9-3-2-8-21(19)22/h2-3,8-10,13,20,23H,1,4-7,11-12,14-18H2,(H,27,29)/t20-,23-/m1/s1. The molecule has 2 saturated heterocycles. The molecule has 0 unspecified atom stereocenters. The van der Waals surface area contributed by atoms with Crippen LogP contribution >= 0.6 is 0 Å². The van der Waals surface area contributed by atoms with Gasteiger partial charge in [-0.1, -0.05) is 37.5 Å². The van der Waals surface area contributed by atoms with Crippen molar-refractivity contribution in [3.8, 4) is 0 Å². The van der Waals surface area contributed by atoms with Gasteiger partial charge < -0.3 is 10.1 Å². The monoisotopic (exact) mass is 407 g/mol. The van der Waals surface area contributed by atoms with Crippen LogP contribution in [0.15, 0.2) is 36.5 Å². The molecule has 1 amide bonds. The summed E-state index contributed by atoms with van der Waals surface area (Å²) in [6.07, 6.45) is 10.8. The van der Waals surface area contributed by atoms with Crippen LogP contribution in [0.2, 0.25) is 0 Å². The fraction of sp³-hybridized carbons (Fsp3) is 0.600. The SMILES string of the molecule is O=C(N[C@@H]1COC[C@H]1Cc1ccnc2ccccc12)C1(N2CCCC2)CCCCC1. The van der Waals surface area contributed by atoms with Crippen LogP contribution in [0.1, 0.15) is 50.5 Å². The summed E-state index contributed by atoms with van der Waals surface area (Å²) >= 11 is 0. The lowest BCUT2D eigenvalue weighted by Gasteiger charge is -2.44. The molecule has 1 N–H and O–H groups in total. The number of pyridine rings is 1. The minimum Gasteiger partial charge on any atom is -0.379 e. The minimum absolute atomic E-state index is 0.0887. The van der Waals surface area contributed by atoms with E-state index in [1.807, 2.05) is 12.3 Å². The first kappa shape index (κ1) is 20.0. The molecule has 160 valence electrons. The number of hydrogen-bond donors (Lipinski definition) is 1. The number of fused-ring (bicyclic) bond motifs is 1. The highest BCUT2D eigenvalue weighted by Gasteiger charge is 2.46. The van der Waals surface area contributed by atoms with Gasteiger partial charge in [0.15, 0.2) is 0 Å². The van der Waals surface area contributed by atoms with Crippen LogP contribution in [-0.4, -0.2) is 53.7 Å². The molecule has 0 radical (unpaired) electrons. The van der Waals surface area contributed by atoms with E-state index in [2.05, 4.69) is 39.5 Å². The Balaban J connectivity index is 1.33. The molecule has 0 spiro atoms. The van der Waals surface area contributed by atoms with E-state index < -0.39 is 0 Å². The molecule has 1 aromatic heterocycles. The van der Waals surface area contributed by atoms with Crippen molar-refractivity contribution in [1.82, 2.24) is 15.2 Å². The lowest BCUT2D eigenvalue weighted by atomic mass is 9.79. The molecule has 1 aromatic carbocycles. The first-order valence-corrected chi connectivity index (χ1v) is 11.7. The maximum Gasteiger partial charge on any atom is 0.240 e. The maximum atomic E-state index is 13.7. The summed E-state index contributed by atoms with van der Waals surface area (Å²) in [6.45, 7) is 3.47. The number of nitrogens with zero attached hydrogens (tertiary/aromatic N) is 2. The Kier molecular flexibility index (Phi) is 5.74. The molecule has 3 heterocycles. The average Bonchev–Trinajstić information content (AvgIpc) is 3.48. The number of nitrogens with one attached hydrogen (secondary N) is 1. The van der Waals surface area contributed by atoms with Gasteiger partial charge in [0, 0.05) is 17.5 Å². The summed E-state index contributed by atoms with van der Waals surface area (Å²) < 4.78 is 5.86. The van der Waals surface area contributed by atoms with Gasteiger partial charge >= 0.3 is 0 Å². The van der Waals surface area contributed by atoms with E-state index in [0.717, 1.165) is 50.7 Å². The molecule has 2 aromatic rings. The lowest BCUT2D eigenvalue weighted by molar-refractivity contribution is -0.136. The third-order valence-corrected chi connectivity index (χ3v) is 7.55. The molecule has 1 aliphatic carbocycles. The fourth-order valence-electron chi connectivity index (χ4n) is 5.85. The number of amides is 1. The maximum absolute atomic E-state index is 13.7. The molecule has 0 bridgehead atoms. The van der Waals surface area contributed by atoms with Gasteiger partial charge in [0.25, 0.3) is 0 Å². The van der Waals surface area contributed by atoms with E-state index in [9.17, 15) is 4.79 Å². The van der Waals surface area contributed by atoms with E-state index in [4.69, 9.17) is 4.74 Å². The van der Waals surface area contributed by atoms with Crippen molar-refractivity contribution in [2.24, 2.45) is 5.92 Å².